The van der Waals surface area contributed by atoms with Crippen LogP contribution in [0.25, 0.3) is 0 Å². The lowest BCUT2D eigenvalue weighted by Crippen LogP contribution is -2.21. The quantitative estimate of drug-likeness (QED) is 0.748. The minimum atomic E-state index is -4.18. The van der Waals surface area contributed by atoms with Crippen LogP contribution < -0.4 is 11.5 Å². The molecule has 1 amide bonds. The summed E-state index contributed by atoms with van der Waals surface area (Å²) in [6.07, 6.45) is -4.18. The molecule has 0 saturated carbocycles. The van der Waals surface area contributed by atoms with E-state index in [0.717, 1.165) is 0 Å². The number of rotatable bonds is 1. The zero-order valence-corrected chi connectivity index (χ0v) is 7.79. The van der Waals surface area contributed by atoms with E-state index in [2.05, 4.69) is 5.73 Å². The summed E-state index contributed by atoms with van der Waals surface area (Å²) in [4.78, 5) is 10.4. The van der Waals surface area contributed by atoms with Crippen molar-refractivity contribution in [2.75, 3.05) is 6.54 Å². The lowest BCUT2D eigenvalue weighted by molar-refractivity contribution is -0.118. The molecule has 84 valence electrons. The van der Waals surface area contributed by atoms with Gasteiger partial charge in [-0.25, -0.2) is 0 Å². The highest BCUT2D eigenvalue weighted by Crippen LogP contribution is 2.10. The minimum absolute atomic E-state index is 0.379. The first kappa shape index (κ1) is 13.4. The summed E-state index contributed by atoms with van der Waals surface area (Å²) in [5.41, 5.74) is 9.71. The van der Waals surface area contributed by atoms with E-state index in [1.54, 1.807) is 24.3 Å². The Labute approximate surface area is 84.9 Å². The van der Waals surface area contributed by atoms with Gasteiger partial charge in [0.1, 0.15) is 0 Å². The van der Waals surface area contributed by atoms with E-state index < -0.39 is 12.7 Å². The molecule has 0 radical (unpaired) electrons. The van der Waals surface area contributed by atoms with Gasteiger partial charge in [-0.05, 0) is 12.1 Å². The fraction of sp³-hybridized carbons (Fsp3) is 0.222. The molecule has 0 bridgehead atoms. The summed E-state index contributed by atoms with van der Waals surface area (Å²) in [6, 6.07) is 8.76. The molecule has 0 unspecified atom stereocenters. The Morgan fingerprint density at radius 2 is 1.60 bits per heavy atom. The topological polar surface area (TPSA) is 69.1 Å². The van der Waals surface area contributed by atoms with Gasteiger partial charge in [0.15, 0.2) is 0 Å². The molecule has 0 aromatic heterocycles. The van der Waals surface area contributed by atoms with E-state index in [1.165, 1.54) is 0 Å². The molecule has 6 heteroatoms. The molecular formula is C9H11F3N2O. The average molecular weight is 220 g/mol. The molecule has 0 atom stereocenters. The van der Waals surface area contributed by atoms with Crippen molar-refractivity contribution in [1.82, 2.24) is 0 Å². The molecule has 1 aromatic rings. The lowest BCUT2D eigenvalue weighted by Gasteiger charge is -1.96. The zero-order chi connectivity index (χ0) is 11.9. The number of alkyl halides is 3. The maximum Gasteiger partial charge on any atom is 0.400 e. The third kappa shape index (κ3) is 7.51. The normalized spacial score (nSPS) is 10.1. The van der Waals surface area contributed by atoms with Crippen molar-refractivity contribution >= 4 is 5.91 Å². The second-order valence-corrected chi connectivity index (χ2v) is 2.55. The average Bonchev–Trinajstić information content (AvgIpc) is 2.19. The summed E-state index contributed by atoms with van der Waals surface area (Å²) >= 11 is 0. The van der Waals surface area contributed by atoms with Gasteiger partial charge in [0.2, 0.25) is 5.91 Å². The number of primary amides is 1. The van der Waals surface area contributed by atoms with Gasteiger partial charge in [0.25, 0.3) is 0 Å². The predicted octanol–water partition coefficient (Wildman–Crippen LogP) is 1.29. The number of halogens is 3. The lowest BCUT2D eigenvalue weighted by atomic mass is 10.2. The highest BCUT2D eigenvalue weighted by atomic mass is 19.4. The van der Waals surface area contributed by atoms with Crippen LogP contribution in [-0.4, -0.2) is 18.6 Å². The standard InChI is InChI=1S/C7H7NO.C2H4F3N/c8-7(9)6-4-2-1-3-5-6;3-2(4,5)1-6/h1-5H,(H2,8,9);1,6H2. The van der Waals surface area contributed by atoms with Crippen LogP contribution in [0.5, 0.6) is 0 Å². The fourth-order valence-electron chi connectivity index (χ4n) is 0.602. The van der Waals surface area contributed by atoms with E-state index in [1.807, 2.05) is 6.07 Å². The van der Waals surface area contributed by atoms with Gasteiger partial charge < -0.3 is 11.5 Å². The molecule has 15 heavy (non-hydrogen) atoms. The van der Waals surface area contributed by atoms with Crippen LogP contribution in [0.3, 0.4) is 0 Å². The molecule has 3 nitrogen and oxygen atoms in total. The number of amides is 1. The fourth-order valence-corrected chi connectivity index (χ4v) is 0.602. The summed E-state index contributed by atoms with van der Waals surface area (Å²) in [5, 5.41) is 0. The Morgan fingerprint density at radius 3 is 1.80 bits per heavy atom. The summed E-state index contributed by atoms with van der Waals surface area (Å²) < 4.78 is 32.0. The zero-order valence-electron chi connectivity index (χ0n) is 7.79. The molecule has 0 spiro atoms. The summed E-state index contributed by atoms with van der Waals surface area (Å²) in [7, 11) is 0. The van der Waals surface area contributed by atoms with Crippen LogP contribution in [0.1, 0.15) is 10.4 Å². The van der Waals surface area contributed by atoms with Crippen LogP contribution in [0.2, 0.25) is 0 Å². The molecule has 1 rings (SSSR count). The van der Waals surface area contributed by atoms with Gasteiger partial charge >= 0.3 is 6.18 Å². The highest BCUT2D eigenvalue weighted by molar-refractivity contribution is 5.92. The summed E-state index contributed by atoms with van der Waals surface area (Å²) in [6.45, 7) is -1.23. The maximum absolute atomic E-state index is 10.7. The molecular weight excluding hydrogens is 209 g/mol. The van der Waals surface area contributed by atoms with Crippen molar-refractivity contribution in [3.63, 3.8) is 0 Å². The third-order valence-corrected chi connectivity index (χ3v) is 1.29. The van der Waals surface area contributed by atoms with Crippen molar-refractivity contribution < 1.29 is 18.0 Å². The number of hydrogen-bond donors (Lipinski definition) is 2. The molecule has 0 saturated heterocycles. The second kappa shape index (κ2) is 6.02. The highest BCUT2D eigenvalue weighted by Gasteiger charge is 2.23. The van der Waals surface area contributed by atoms with Gasteiger partial charge in [-0.3, -0.25) is 4.79 Å². The molecule has 0 heterocycles. The monoisotopic (exact) mass is 220 g/mol. The van der Waals surface area contributed by atoms with Crippen LogP contribution in [0, 0.1) is 0 Å². The molecule has 0 aliphatic carbocycles. The first-order valence-electron chi connectivity index (χ1n) is 3.98. The van der Waals surface area contributed by atoms with Gasteiger partial charge in [-0.2, -0.15) is 13.2 Å². The second-order valence-electron chi connectivity index (χ2n) is 2.55. The van der Waals surface area contributed by atoms with Crippen LogP contribution >= 0.6 is 0 Å². The van der Waals surface area contributed by atoms with Crippen LogP contribution in [-0.2, 0) is 0 Å². The largest absolute Gasteiger partial charge is 0.400 e. The first-order valence-corrected chi connectivity index (χ1v) is 3.98. The van der Waals surface area contributed by atoms with Crippen LogP contribution in [0.15, 0.2) is 30.3 Å². The van der Waals surface area contributed by atoms with E-state index in [0.29, 0.717) is 5.56 Å². The number of nitrogens with two attached hydrogens (primary N) is 2. The van der Waals surface area contributed by atoms with E-state index in [9.17, 15) is 18.0 Å². The Balaban J connectivity index is 0.000000288. The predicted molar refractivity (Wildman–Crippen MR) is 50.1 cm³/mol. The van der Waals surface area contributed by atoms with Crippen molar-refractivity contribution in [2.24, 2.45) is 11.5 Å². The van der Waals surface area contributed by atoms with Crippen molar-refractivity contribution in [3.8, 4) is 0 Å². The van der Waals surface area contributed by atoms with Crippen molar-refractivity contribution in [3.05, 3.63) is 35.9 Å². The Kier molecular flexibility index (Phi) is 5.40. The van der Waals surface area contributed by atoms with Crippen LogP contribution in [0.4, 0.5) is 13.2 Å². The van der Waals surface area contributed by atoms with E-state index in [-0.39, 0.29) is 5.91 Å². The summed E-state index contributed by atoms with van der Waals surface area (Å²) in [5.74, 6) is -0.379. The number of carbonyl (C=O) groups is 1. The third-order valence-electron chi connectivity index (χ3n) is 1.29. The van der Waals surface area contributed by atoms with Crippen molar-refractivity contribution in [2.45, 2.75) is 6.18 Å². The molecule has 0 aliphatic rings. The SMILES string of the molecule is NC(=O)c1ccccc1.NCC(F)(F)F. The smallest absolute Gasteiger partial charge is 0.366 e. The molecule has 1 aromatic carbocycles. The number of benzene rings is 1. The Hall–Kier alpha value is -1.56. The van der Waals surface area contributed by atoms with E-state index >= 15 is 0 Å². The van der Waals surface area contributed by atoms with E-state index in [4.69, 9.17) is 5.73 Å². The molecule has 4 N–H and O–H groups in total. The minimum Gasteiger partial charge on any atom is -0.366 e. The Morgan fingerprint density at radius 1 is 1.20 bits per heavy atom. The maximum atomic E-state index is 10.7. The van der Waals surface area contributed by atoms with Gasteiger partial charge in [0, 0.05) is 5.56 Å². The van der Waals surface area contributed by atoms with Crippen molar-refractivity contribution in [1.29, 1.82) is 0 Å². The Bertz CT molecular complexity index is 298. The molecule has 0 fully saturated rings. The number of carbonyl (C=O) groups excluding carboxylic acids is 1. The van der Waals surface area contributed by atoms with Gasteiger partial charge in [-0.1, -0.05) is 18.2 Å². The number of hydrogen-bond acceptors (Lipinski definition) is 2. The molecule has 0 aliphatic heterocycles. The van der Waals surface area contributed by atoms with Gasteiger partial charge in [0.05, 0.1) is 6.54 Å². The first-order chi connectivity index (χ1) is 6.87. The van der Waals surface area contributed by atoms with Gasteiger partial charge in [-0.15, -0.1) is 0 Å².